The van der Waals surface area contributed by atoms with Gasteiger partial charge >= 0.3 is 0 Å². The van der Waals surface area contributed by atoms with Crippen LogP contribution >= 0.6 is 0 Å². The highest BCUT2D eigenvalue weighted by molar-refractivity contribution is 5.79. The van der Waals surface area contributed by atoms with E-state index in [1.807, 2.05) is 42.6 Å². The topological polar surface area (TPSA) is 102 Å². The molecule has 0 aliphatic carbocycles. The van der Waals surface area contributed by atoms with Gasteiger partial charge in [0.15, 0.2) is 0 Å². The molecule has 1 aliphatic heterocycles. The van der Waals surface area contributed by atoms with Crippen LogP contribution in [0.25, 0.3) is 11.0 Å². The van der Waals surface area contributed by atoms with E-state index in [1.165, 1.54) is 0 Å². The number of carbonyl (C=O) groups excluding carboxylic acids is 1. The summed E-state index contributed by atoms with van der Waals surface area (Å²) >= 11 is 0. The zero-order valence-electron chi connectivity index (χ0n) is 22.4. The summed E-state index contributed by atoms with van der Waals surface area (Å²) in [6.07, 6.45) is 3.75. The molecular weight excluding hydrogens is 468 g/mol. The Morgan fingerprint density at radius 3 is 2.46 bits per heavy atom. The molecular formula is C29H40N4O4. The minimum atomic E-state index is -1.31. The third-order valence-corrected chi connectivity index (χ3v) is 7.23. The zero-order chi connectivity index (χ0) is 26.6. The summed E-state index contributed by atoms with van der Waals surface area (Å²) in [6.45, 7) is 11.3. The second-order valence-electron chi connectivity index (χ2n) is 11.2. The highest BCUT2D eigenvalue weighted by Crippen LogP contribution is 2.33. The average molecular weight is 509 g/mol. The van der Waals surface area contributed by atoms with Crippen molar-refractivity contribution in [1.82, 2.24) is 20.1 Å². The maximum absolute atomic E-state index is 12.9. The average Bonchev–Trinajstić information content (AvgIpc) is 3.29. The predicted octanol–water partition coefficient (Wildman–Crippen LogP) is 3.14. The molecule has 2 atom stereocenters. The van der Waals surface area contributed by atoms with Crippen molar-refractivity contribution in [2.24, 2.45) is 5.92 Å². The number of nitrogens with zero attached hydrogens (tertiary/aromatic N) is 3. The number of benzene rings is 1. The summed E-state index contributed by atoms with van der Waals surface area (Å²) in [5.41, 5.74) is 0.303. The quantitative estimate of drug-likeness (QED) is 0.362. The third-order valence-electron chi connectivity index (χ3n) is 7.23. The number of hydrogen-bond acceptors (Lipinski definition) is 7. The van der Waals surface area contributed by atoms with E-state index in [2.05, 4.69) is 40.0 Å². The second kappa shape index (κ2) is 11.3. The Morgan fingerprint density at radius 1 is 1.11 bits per heavy atom. The van der Waals surface area contributed by atoms with Crippen LogP contribution in [-0.4, -0.2) is 75.5 Å². The molecule has 1 unspecified atom stereocenters. The number of pyridine rings is 1. The van der Waals surface area contributed by atoms with E-state index in [0.29, 0.717) is 19.4 Å². The van der Waals surface area contributed by atoms with E-state index in [4.69, 9.17) is 4.42 Å². The van der Waals surface area contributed by atoms with Crippen LogP contribution in [0.15, 0.2) is 59.3 Å². The number of aliphatic hydroxyl groups excluding tert-OH is 1. The predicted molar refractivity (Wildman–Crippen MR) is 144 cm³/mol. The fourth-order valence-corrected chi connectivity index (χ4v) is 5.12. The first-order valence-electron chi connectivity index (χ1n) is 13.1. The number of fused-ring (bicyclic) bond motifs is 1. The van der Waals surface area contributed by atoms with E-state index in [0.717, 1.165) is 48.5 Å². The zero-order valence-corrected chi connectivity index (χ0v) is 22.4. The largest absolute Gasteiger partial charge is 0.459 e. The highest BCUT2D eigenvalue weighted by atomic mass is 16.3. The molecule has 37 heavy (non-hydrogen) atoms. The van der Waals surface area contributed by atoms with E-state index in [-0.39, 0.29) is 11.4 Å². The number of aliphatic hydroxyl groups is 2. The first kappa shape index (κ1) is 27.3. The molecule has 1 fully saturated rings. The van der Waals surface area contributed by atoms with Crippen LogP contribution in [0, 0.1) is 5.92 Å². The van der Waals surface area contributed by atoms with Crippen LogP contribution in [0.3, 0.4) is 0 Å². The standard InChI is InChI=1S/C29H40N4O4/c1-28(2,26-18-23-19-30-11-10-25(23)37-26)33-14-12-32(13-15-33)20-24(34)17-22(27(35)31-29(3,4)36)16-21-8-6-5-7-9-21/h5-11,18-19,22,24,34,36H,12-17,20H2,1-4H3,(H,31,35)/t22-,24?/m1/s1. The number of β-amino-alcohol motifs (C(OH)–C–C–N with tert-alkyl or cyclic N) is 1. The molecule has 1 aromatic carbocycles. The van der Waals surface area contributed by atoms with Crippen molar-refractivity contribution < 1.29 is 19.4 Å². The summed E-state index contributed by atoms with van der Waals surface area (Å²) in [5, 5.41) is 24.7. The molecule has 0 radical (unpaired) electrons. The van der Waals surface area contributed by atoms with Crippen LogP contribution < -0.4 is 5.32 Å². The van der Waals surface area contributed by atoms with Gasteiger partial charge in [0.1, 0.15) is 17.1 Å². The second-order valence-corrected chi connectivity index (χ2v) is 11.2. The lowest BCUT2D eigenvalue weighted by Gasteiger charge is -2.43. The van der Waals surface area contributed by atoms with Crippen LogP contribution in [-0.2, 0) is 16.8 Å². The summed E-state index contributed by atoms with van der Waals surface area (Å²) in [7, 11) is 0. The summed E-state index contributed by atoms with van der Waals surface area (Å²) < 4.78 is 6.14. The molecule has 2 aromatic heterocycles. The Balaban J connectivity index is 1.33. The number of carbonyl (C=O) groups is 1. The first-order valence-corrected chi connectivity index (χ1v) is 13.1. The molecule has 8 nitrogen and oxygen atoms in total. The number of aromatic nitrogens is 1. The Kier molecular flexibility index (Phi) is 8.33. The van der Waals surface area contributed by atoms with Gasteiger partial charge in [0.2, 0.25) is 5.91 Å². The first-order chi connectivity index (χ1) is 17.5. The lowest BCUT2D eigenvalue weighted by molar-refractivity contribution is -0.132. The summed E-state index contributed by atoms with van der Waals surface area (Å²) in [4.78, 5) is 21.8. The third kappa shape index (κ3) is 7.17. The minimum absolute atomic E-state index is 0.247. The van der Waals surface area contributed by atoms with Gasteiger partial charge in [-0.1, -0.05) is 30.3 Å². The molecule has 0 spiro atoms. The Bertz CT molecular complexity index is 1130. The van der Waals surface area contributed by atoms with Crippen molar-refractivity contribution in [3.63, 3.8) is 0 Å². The normalized spacial score (nSPS) is 17.6. The maximum Gasteiger partial charge on any atom is 0.225 e. The fraction of sp³-hybridized carbons (Fsp3) is 0.517. The van der Waals surface area contributed by atoms with E-state index in [1.54, 1.807) is 20.0 Å². The van der Waals surface area contributed by atoms with E-state index < -0.39 is 17.7 Å². The summed E-state index contributed by atoms with van der Waals surface area (Å²) in [5.74, 6) is 0.236. The Hall–Kier alpha value is -2.78. The van der Waals surface area contributed by atoms with E-state index in [9.17, 15) is 15.0 Å². The number of piperazine rings is 1. The van der Waals surface area contributed by atoms with Crippen molar-refractivity contribution >= 4 is 16.9 Å². The monoisotopic (exact) mass is 508 g/mol. The van der Waals surface area contributed by atoms with Gasteiger partial charge in [0.25, 0.3) is 0 Å². The molecule has 200 valence electrons. The van der Waals surface area contributed by atoms with Gasteiger partial charge in [-0.2, -0.15) is 0 Å². The molecule has 3 aromatic rings. The van der Waals surface area contributed by atoms with Gasteiger partial charge in [-0.25, -0.2) is 0 Å². The molecule has 8 heteroatoms. The minimum Gasteiger partial charge on any atom is -0.459 e. The van der Waals surface area contributed by atoms with Gasteiger partial charge in [-0.15, -0.1) is 0 Å². The van der Waals surface area contributed by atoms with Gasteiger partial charge in [-0.05, 0) is 58.2 Å². The maximum atomic E-state index is 12.9. The molecule has 3 heterocycles. The van der Waals surface area contributed by atoms with Crippen molar-refractivity contribution in [3.8, 4) is 0 Å². The van der Waals surface area contributed by atoms with Crippen LogP contribution in [0.4, 0.5) is 0 Å². The van der Waals surface area contributed by atoms with Crippen molar-refractivity contribution in [3.05, 3.63) is 66.2 Å². The number of nitrogens with one attached hydrogen (secondary N) is 1. The molecule has 1 saturated heterocycles. The molecule has 1 aliphatic rings. The SMILES string of the molecule is CC(C)(O)NC(=O)[C@H](Cc1ccccc1)CC(O)CN1CCN(C(C)(C)c2cc3cnccc3o2)CC1. The lowest BCUT2D eigenvalue weighted by atomic mass is 9.92. The van der Waals surface area contributed by atoms with Gasteiger partial charge in [0, 0.05) is 56.4 Å². The van der Waals surface area contributed by atoms with Crippen molar-refractivity contribution in [2.45, 2.75) is 57.9 Å². The van der Waals surface area contributed by atoms with E-state index >= 15 is 0 Å². The van der Waals surface area contributed by atoms with Gasteiger partial charge in [-0.3, -0.25) is 19.6 Å². The van der Waals surface area contributed by atoms with Gasteiger partial charge in [0.05, 0.1) is 11.6 Å². The fourth-order valence-electron chi connectivity index (χ4n) is 5.12. The van der Waals surface area contributed by atoms with Crippen molar-refractivity contribution in [2.75, 3.05) is 32.7 Å². The Morgan fingerprint density at radius 2 is 1.81 bits per heavy atom. The smallest absolute Gasteiger partial charge is 0.225 e. The number of furan rings is 1. The highest BCUT2D eigenvalue weighted by Gasteiger charge is 2.35. The molecule has 0 saturated carbocycles. The number of amides is 1. The molecule has 0 bridgehead atoms. The van der Waals surface area contributed by atoms with Crippen LogP contribution in [0.2, 0.25) is 0 Å². The van der Waals surface area contributed by atoms with Gasteiger partial charge < -0.3 is 19.9 Å². The molecule has 4 rings (SSSR count). The molecule has 1 amide bonds. The lowest BCUT2D eigenvalue weighted by Crippen LogP contribution is -2.54. The number of hydrogen-bond donors (Lipinski definition) is 3. The van der Waals surface area contributed by atoms with Crippen molar-refractivity contribution in [1.29, 1.82) is 0 Å². The summed E-state index contributed by atoms with van der Waals surface area (Å²) in [6, 6.07) is 13.8. The van der Waals surface area contributed by atoms with Crippen LogP contribution in [0.1, 0.15) is 45.4 Å². The number of rotatable bonds is 10. The van der Waals surface area contributed by atoms with Crippen LogP contribution in [0.5, 0.6) is 0 Å². The molecule has 3 N–H and O–H groups in total. The Labute approximate surface area is 219 Å².